The third-order valence-electron chi connectivity index (χ3n) is 5.54. The lowest BCUT2D eigenvalue weighted by Crippen LogP contribution is -2.29. The predicted octanol–water partition coefficient (Wildman–Crippen LogP) is 3.74. The molecule has 0 bridgehead atoms. The quantitative estimate of drug-likeness (QED) is 0.546. The van der Waals surface area contributed by atoms with Crippen molar-refractivity contribution in [2.24, 2.45) is 7.05 Å². The van der Waals surface area contributed by atoms with E-state index in [1.807, 2.05) is 19.9 Å². The molecular formula is C22H21N5O2S. The Balaban J connectivity index is 1.51. The molecule has 4 aromatic rings. The summed E-state index contributed by atoms with van der Waals surface area (Å²) in [6.45, 7) is 3.91. The van der Waals surface area contributed by atoms with Crippen molar-refractivity contribution in [3.8, 4) is 11.3 Å². The van der Waals surface area contributed by atoms with Crippen LogP contribution in [0.4, 0.5) is 0 Å². The summed E-state index contributed by atoms with van der Waals surface area (Å²) in [6.07, 6.45) is 2.45. The highest BCUT2D eigenvalue weighted by Gasteiger charge is 2.27. The Bertz CT molecular complexity index is 1360. The van der Waals surface area contributed by atoms with Crippen molar-refractivity contribution in [1.29, 1.82) is 0 Å². The molecule has 3 aromatic heterocycles. The Morgan fingerprint density at radius 3 is 2.67 bits per heavy atom. The number of nitrogens with one attached hydrogen (secondary N) is 1. The number of hydrogen-bond acceptors (Lipinski definition) is 5. The van der Waals surface area contributed by atoms with Crippen LogP contribution >= 0.6 is 11.3 Å². The first-order valence-electron chi connectivity index (χ1n) is 9.86. The van der Waals surface area contributed by atoms with E-state index in [-0.39, 0.29) is 17.2 Å². The average molecular weight is 420 g/mol. The molecule has 1 N–H and O–H groups in total. The van der Waals surface area contributed by atoms with Crippen molar-refractivity contribution >= 4 is 28.0 Å². The molecule has 0 unspecified atom stereocenters. The van der Waals surface area contributed by atoms with E-state index in [4.69, 9.17) is 4.98 Å². The zero-order valence-corrected chi connectivity index (χ0v) is 17.8. The molecule has 1 amide bonds. The highest BCUT2D eigenvalue weighted by Crippen LogP contribution is 2.42. The van der Waals surface area contributed by atoms with Gasteiger partial charge in [-0.15, -0.1) is 11.3 Å². The maximum absolute atomic E-state index is 13.1. The number of nitrogens with zero attached hydrogens (tertiary/aromatic N) is 4. The smallest absolute Gasteiger partial charge is 0.267 e. The zero-order chi connectivity index (χ0) is 21.0. The molecule has 152 valence electrons. The van der Waals surface area contributed by atoms with Crippen molar-refractivity contribution < 1.29 is 4.79 Å². The fraction of sp³-hybridized carbons (Fsp3) is 0.273. The SMILES string of the molecule is Cc1cc(-c2csc(C3CC3)n2)c(C)n1NC(=O)c1nn(C)c(=O)c2ccccc12. The van der Waals surface area contributed by atoms with Gasteiger partial charge in [-0.05, 0) is 38.8 Å². The molecule has 1 aliphatic rings. The van der Waals surface area contributed by atoms with E-state index in [0.717, 1.165) is 22.6 Å². The maximum Gasteiger partial charge on any atom is 0.291 e. The van der Waals surface area contributed by atoms with Gasteiger partial charge in [0.2, 0.25) is 0 Å². The van der Waals surface area contributed by atoms with Crippen molar-refractivity contribution in [1.82, 2.24) is 19.4 Å². The van der Waals surface area contributed by atoms with E-state index in [2.05, 4.69) is 15.9 Å². The highest BCUT2D eigenvalue weighted by molar-refractivity contribution is 7.10. The van der Waals surface area contributed by atoms with E-state index >= 15 is 0 Å². The van der Waals surface area contributed by atoms with Crippen molar-refractivity contribution in [2.45, 2.75) is 32.6 Å². The van der Waals surface area contributed by atoms with Gasteiger partial charge in [0.05, 0.1) is 16.1 Å². The Labute approximate surface area is 177 Å². The Kier molecular flexibility index (Phi) is 4.32. The van der Waals surface area contributed by atoms with Crippen LogP contribution in [0, 0.1) is 13.8 Å². The molecule has 0 saturated heterocycles. The van der Waals surface area contributed by atoms with Gasteiger partial charge in [0.25, 0.3) is 11.5 Å². The minimum absolute atomic E-state index is 0.214. The first-order valence-corrected chi connectivity index (χ1v) is 10.7. The summed E-state index contributed by atoms with van der Waals surface area (Å²) in [7, 11) is 1.55. The number of carbonyl (C=O) groups excluding carboxylic acids is 1. The second-order valence-corrected chi connectivity index (χ2v) is 8.62. The number of thiazole rings is 1. The van der Waals surface area contributed by atoms with E-state index in [1.54, 1.807) is 47.3 Å². The number of fused-ring (bicyclic) bond motifs is 1. The average Bonchev–Trinajstić information content (AvgIpc) is 3.42. The van der Waals surface area contributed by atoms with Crippen LogP contribution in [0.3, 0.4) is 0 Å². The van der Waals surface area contributed by atoms with Gasteiger partial charge >= 0.3 is 0 Å². The third-order valence-corrected chi connectivity index (χ3v) is 6.55. The Morgan fingerprint density at radius 1 is 1.20 bits per heavy atom. The number of aryl methyl sites for hydroxylation is 2. The van der Waals surface area contributed by atoms with Crippen LogP contribution in [0.5, 0.6) is 0 Å². The van der Waals surface area contributed by atoms with E-state index in [1.165, 1.54) is 22.5 Å². The Hall–Kier alpha value is -3.26. The molecule has 8 heteroatoms. The number of carbonyl (C=O) groups is 1. The minimum atomic E-state index is -0.368. The normalized spacial score (nSPS) is 13.7. The van der Waals surface area contributed by atoms with E-state index in [0.29, 0.717) is 16.7 Å². The van der Waals surface area contributed by atoms with Gasteiger partial charge in [0.1, 0.15) is 0 Å². The van der Waals surface area contributed by atoms with Crippen LogP contribution in [0.2, 0.25) is 0 Å². The summed E-state index contributed by atoms with van der Waals surface area (Å²) in [5, 5.41) is 8.51. The first kappa shape index (κ1) is 18.7. The van der Waals surface area contributed by atoms with Crippen LogP contribution in [-0.2, 0) is 7.05 Å². The number of rotatable bonds is 4. The molecule has 30 heavy (non-hydrogen) atoms. The molecule has 5 rings (SSSR count). The summed E-state index contributed by atoms with van der Waals surface area (Å²) >= 11 is 1.70. The van der Waals surface area contributed by atoms with Gasteiger partial charge in [-0.3, -0.25) is 19.7 Å². The molecule has 0 aliphatic heterocycles. The molecule has 1 aliphatic carbocycles. The summed E-state index contributed by atoms with van der Waals surface area (Å²) < 4.78 is 2.96. The molecule has 7 nitrogen and oxygen atoms in total. The first-order chi connectivity index (χ1) is 14.4. The number of amides is 1. The zero-order valence-electron chi connectivity index (χ0n) is 17.0. The van der Waals surface area contributed by atoms with Crippen LogP contribution in [0.1, 0.15) is 45.6 Å². The van der Waals surface area contributed by atoms with Gasteiger partial charge in [-0.1, -0.05) is 18.2 Å². The molecule has 1 aromatic carbocycles. The fourth-order valence-corrected chi connectivity index (χ4v) is 4.74. The van der Waals surface area contributed by atoms with Gasteiger partial charge < -0.3 is 0 Å². The van der Waals surface area contributed by atoms with Crippen LogP contribution < -0.4 is 11.0 Å². The number of benzene rings is 1. The lowest BCUT2D eigenvalue weighted by atomic mass is 10.1. The topological polar surface area (TPSA) is 81.8 Å². The molecule has 0 radical (unpaired) electrons. The standard InChI is InChI=1S/C22H21N5O2S/c1-12-10-17(18-11-30-21(23-18)14-8-9-14)13(2)27(12)25-20(28)19-15-6-4-5-7-16(15)22(29)26(3)24-19/h4-7,10-11,14H,8-9H2,1-3H3,(H,25,28). The second kappa shape index (κ2) is 6.91. The Morgan fingerprint density at radius 2 is 1.93 bits per heavy atom. The minimum Gasteiger partial charge on any atom is -0.267 e. The largest absolute Gasteiger partial charge is 0.291 e. The van der Waals surface area contributed by atoms with Crippen molar-refractivity contribution in [2.75, 3.05) is 5.43 Å². The lowest BCUT2D eigenvalue weighted by molar-refractivity contribution is 0.100. The summed E-state index contributed by atoms with van der Waals surface area (Å²) in [4.78, 5) is 30.3. The molecule has 3 heterocycles. The highest BCUT2D eigenvalue weighted by atomic mass is 32.1. The third kappa shape index (κ3) is 3.04. The number of aromatic nitrogens is 4. The summed E-state index contributed by atoms with van der Waals surface area (Å²) in [5.74, 6) is 0.253. The fourth-order valence-electron chi connectivity index (χ4n) is 3.75. The molecule has 0 atom stereocenters. The van der Waals surface area contributed by atoms with Gasteiger partial charge in [-0.25, -0.2) is 9.67 Å². The van der Waals surface area contributed by atoms with Crippen molar-refractivity contribution in [3.05, 3.63) is 68.2 Å². The molecule has 1 fully saturated rings. The van der Waals surface area contributed by atoms with Gasteiger partial charge in [-0.2, -0.15) is 5.10 Å². The van der Waals surface area contributed by atoms with Crippen LogP contribution in [0.15, 0.2) is 40.5 Å². The molecule has 0 spiro atoms. The monoisotopic (exact) mass is 419 g/mol. The van der Waals surface area contributed by atoms with E-state index < -0.39 is 0 Å². The van der Waals surface area contributed by atoms with Gasteiger partial charge in [0, 0.05) is 40.7 Å². The second-order valence-electron chi connectivity index (χ2n) is 7.73. The lowest BCUT2D eigenvalue weighted by Gasteiger charge is -2.13. The van der Waals surface area contributed by atoms with Crippen LogP contribution in [-0.4, -0.2) is 25.3 Å². The number of hydrogen-bond donors (Lipinski definition) is 1. The summed E-state index contributed by atoms with van der Waals surface area (Å²) in [5.41, 5.74) is 6.68. The molecule has 1 saturated carbocycles. The van der Waals surface area contributed by atoms with Gasteiger partial charge in [0.15, 0.2) is 5.69 Å². The van der Waals surface area contributed by atoms with E-state index in [9.17, 15) is 9.59 Å². The predicted molar refractivity (Wildman–Crippen MR) is 118 cm³/mol. The maximum atomic E-state index is 13.1. The molecular weight excluding hydrogens is 398 g/mol. The summed E-state index contributed by atoms with van der Waals surface area (Å²) in [6, 6.07) is 9.06. The van der Waals surface area contributed by atoms with Crippen molar-refractivity contribution in [3.63, 3.8) is 0 Å². The van der Waals surface area contributed by atoms with Crippen LogP contribution in [0.25, 0.3) is 22.0 Å².